The lowest BCUT2D eigenvalue weighted by atomic mass is 10.1. The van der Waals surface area contributed by atoms with Crippen LogP contribution in [0, 0.1) is 0 Å². The molecule has 0 N–H and O–H groups in total. The van der Waals surface area contributed by atoms with Gasteiger partial charge < -0.3 is 4.90 Å². The first-order valence-corrected chi connectivity index (χ1v) is 7.89. The van der Waals surface area contributed by atoms with E-state index in [2.05, 4.69) is 41.3 Å². The molecule has 1 saturated heterocycles. The minimum Gasteiger partial charge on any atom is -0.372 e. The van der Waals surface area contributed by atoms with E-state index in [1.54, 1.807) is 6.92 Å². The summed E-state index contributed by atoms with van der Waals surface area (Å²) in [6, 6.07) is 8.69. The van der Waals surface area contributed by atoms with E-state index in [4.69, 9.17) is 0 Å². The van der Waals surface area contributed by atoms with Crippen molar-refractivity contribution < 1.29 is 4.79 Å². The second-order valence-corrected chi connectivity index (χ2v) is 6.09. The van der Waals surface area contributed by atoms with Crippen molar-refractivity contribution >= 4 is 28.6 Å². The summed E-state index contributed by atoms with van der Waals surface area (Å²) < 4.78 is 0. The number of hydrogen-bond donors (Lipinski definition) is 0. The van der Waals surface area contributed by atoms with Gasteiger partial charge >= 0.3 is 0 Å². The molecular weight excluding hydrogens is 254 g/mol. The quantitative estimate of drug-likeness (QED) is 0.758. The molecule has 2 rings (SSSR count). The molecule has 1 aliphatic rings. The second kappa shape index (κ2) is 7.39. The highest BCUT2D eigenvalue weighted by molar-refractivity contribution is 8.13. The van der Waals surface area contributed by atoms with E-state index in [1.807, 2.05) is 0 Å². The van der Waals surface area contributed by atoms with E-state index in [9.17, 15) is 4.79 Å². The highest BCUT2D eigenvalue weighted by atomic mass is 32.2. The molecule has 0 spiro atoms. The van der Waals surface area contributed by atoms with Crippen LogP contribution in [-0.2, 0) is 4.79 Å². The Hall–Kier alpha value is -1.22. The van der Waals surface area contributed by atoms with Gasteiger partial charge in [0, 0.05) is 31.5 Å². The number of carbonyl (C=O) groups is 1. The van der Waals surface area contributed by atoms with Gasteiger partial charge in [0.2, 0.25) is 0 Å². The van der Waals surface area contributed by atoms with E-state index in [0.29, 0.717) is 0 Å². The molecule has 0 bridgehead atoms. The minimum absolute atomic E-state index is 0.199. The maximum Gasteiger partial charge on any atom is 0.185 e. The number of rotatable bonds is 5. The molecule has 1 aromatic rings. The Balaban J connectivity index is 1.87. The minimum atomic E-state index is 0.199. The van der Waals surface area contributed by atoms with Crippen LogP contribution in [0.15, 0.2) is 30.3 Å². The molecule has 0 amide bonds. The molecule has 1 heterocycles. The van der Waals surface area contributed by atoms with Crippen LogP contribution in [-0.4, -0.2) is 24.0 Å². The van der Waals surface area contributed by atoms with E-state index in [0.717, 1.165) is 12.2 Å². The summed E-state index contributed by atoms with van der Waals surface area (Å²) in [7, 11) is 0. The fraction of sp³-hybridized carbons (Fsp3) is 0.438. The number of anilines is 1. The lowest BCUT2D eigenvalue weighted by Crippen LogP contribution is -2.17. The summed E-state index contributed by atoms with van der Waals surface area (Å²) in [6.07, 6.45) is 7.86. The van der Waals surface area contributed by atoms with Crippen molar-refractivity contribution in [1.29, 1.82) is 0 Å². The predicted molar refractivity (Wildman–Crippen MR) is 84.7 cm³/mol. The summed E-state index contributed by atoms with van der Waals surface area (Å²) in [5.41, 5.74) is 2.58. The highest BCUT2D eigenvalue weighted by Gasteiger charge is 2.11. The lowest BCUT2D eigenvalue weighted by molar-refractivity contribution is -0.109. The van der Waals surface area contributed by atoms with Gasteiger partial charge in [0.05, 0.1) is 0 Å². The molecule has 19 heavy (non-hydrogen) atoms. The summed E-state index contributed by atoms with van der Waals surface area (Å²) in [6.45, 7) is 3.98. The topological polar surface area (TPSA) is 20.3 Å². The molecule has 0 aromatic heterocycles. The average Bonchev–Trinajstić information content (AvgIpc) is 2.92. The van der Waals surface area contributed by atoms with Crippen molar-refractivity contribution in [2.24, 2.45) is 0 Å². The molecule has 3 heteroatoms. The van der Waals surface area contributed by atoms with E-state index in [-0.39, 0.29) is 5.12 Å². The molecule has 0 aliphatic carbocycles. The van der Waals surface area contributed by atoms with Gasteiger partial charge in [-0.15, -0.1) is 0 Å². The Bertz CT molecular complexity index is 450. The zero-order valence-corrected chi connectivity index (χ0v) is 12.3. The van der Waals surface area contributed by atoms with Crippen molar-refractivity contribution in [2.45, 2.75) is 26.2 Å². The Morgan fingerprint density at radius 3 is 2.89 bits per heavy atom. The number of allylic oxidation sites excluding steroid dienone is 1. The summed E-state index contributed by atoms with van der Waals surface area (Å²) in [4.78, 5) is 13.2. The van der Waals surface area contributed by atoms with Gasteiger partial charge in [-0.1, -0.05) is 36.0 Å². The third-order valence-corrected chi connectivity index (χ3v) is 4.09. The molecule has 0 saturated carbocycles. The van der Waals surface area contributed by atoms with Gasteiger partial charge in [-0.25, -0.2) is 0 Å². The Morgan fingerprint density at radius 1 is 1.37 bits per heavy atom. The average molecular weight is 275 g/mol. The molecule has 102 valence electrons. The number of carbonyl (C=O) groups excluding carboxylic acids is 1. The zero-order valence-electron chi connectivity index (χ0n) is 11.5. The third kappa shape index (κ3) is 4.75. The summed E-state index contributed by atoms with van der Waals surface area (Å²) in [5, 5.41) is 0.199. The lowest BCUT2D eigenvalue weighted by Gasteiger charge is -2.17. The van der Waals surface area contributed by atoms with E-state index in [1.165, 1.54) is 48.9 Å². The van der Waals surface area contributed by atoms with Crippen molar-refractivity contribution in [3.8, 4) is 0 Å². The first-order chi connectivity index (χ1) is 9.25. The van der Waals surface area contributed by atoms with Crippen molar-refractivity contribution in [3.05, 3.63) is 35.9 Å². The van der Waals surface area contributed by atoms with Crippen molar-refractivity contribution in [3.63, 3.8) is 0 Å². The van der Waals surface area contributed by atoms with Crippen LogP contribution >= 0.6 is 11.8 Å². The first-order valence-electron chi connectivity index (χ1n) is 6.90. The highest BCUT2D eigenvalue weighted by Crippen LogP contribution is 2.21. The van der Waals surface area contributed by atoms with Gasteiger partial charge in [-0.3, -0.25) is 4.79 Å². The van der Waals surface area contributed by atoms with Crippen molar-refractivity contribution in [2.75, 3.05) is 23.7 Å². The largest absolute Gasteiger partial charge is 0.372 e. The number of thioether (sulfide) groups is 1. The Labute approximate surface area is 119 Å². The van der Waals surface area contributed by atoms with E-state index < -0.39 is 0 Å². The van der Waals surface area contributed by atoms with Crippen LogP contribution in [0.3, 0.4) is 0 Å². The van der Waals surface area contributed by atoms with Crippen LogP contribution in [0.1, 0.15) is 31.7 Å². The van der Waals surface area contributed by atoms with Gasteiger partial charge in [0.1, 0.15) is 0 Å². The fourth-order valence-electron chi connectivity index (χ4n) is 2.29. The maximum absolute atomic E-state index is 10.8. The standard InChI is InChI=1S/C16H21NOS/c1-14(18)19-12-5-2-7-15-8-6-9-16(13-15)17-10-3-4-11-17/h2,6-9,13H,3-5,10-12H2,1H3. The molecule has 1 fully saturated rings. The summed E-state index contributed by atoms with van der Waals surface area (Å²) >= 11 is 1.39. The van der Waals surface area contributed by atoms with Gasteiger partial charge in [0.25, 0.3) is 0 Å². The van der Waals surface area contributed by atoms with E-state index >= 15 is 0 Å². The number of benzene rings is 1. The van der Waals surface area contributed by atoms with Gasteiger partial charge in [0.15, 0.2) is 5.12 Å². The molecule has 0 radical (unpaired) electrons. The zero-order chi connectivity index (χ0) is 13.5. The third-order valence-electron chi connectivity index (χ3n) is 3.24. The molecule has 0 unspecified atom stereocenters. The SMILES string of the molecule is CC(=O)SCCC=Cc1cccc(N2CCCC2)c1. The predicted octanol–water partition coefficient (Wildman–Crippen LogP) is 3.97. The van der Waals surface area contributed by atoms with Gasteiger partial charge in [-0.05, 0) is 37.0 Å². The van der Waals surface area contributed by atoms with Crippen LogP contribution in [0.2, 0.25) is 0 Å². The molecule has 0 atom stereocenters. The second-order valence-electron chi connectivity index (χ2n) is 4.82. The summed E-state index contributed by atoms with van der Waals surface area (Å²) in [5.74, 6) is 0.873. The normalized spacial score (nSPS) is 15.3. The monoisotopic (exact) mass is 275 g/mol. The van der Waals surface area contributed by atoms with Crippen molar-refractivity contribution in [1.82, 2.24) is 0 Å². The fourth-order valence-corrected chi connectivity index (χ4v) is 2.83. The first kappa shape index (κ1) is 14.2. The molecule has 1 aromatic carbocycles. The maximum atomic E-state index is 10.8. The number of nitrogens with zero attached hydrogens (tertiary/aromatic N) is 1. The van der Waals surface area contributed by atoms with Crippen LogP contribution in [0.25, 0.3) is 6.08 Å². The van der Waals surface area contributed by atoms with Gasteiger partial charge in [-0.2, -0.15) is 0 Å². The Kier molecular flexibility index (Phi) is 5.52. The molecule has 2 nitrogen and oxygen atoms in total. The Morgan fingerprint density at radius 2 is 2.16 bits per heavy atom. The van der Waals surface area contributed by atoms with Crippen LogP contribution in [0.4, 0.5) is 5.69 Å². The molecular formula is C16H21NOS. The smallest absolute Gasteiger partial charge is 0.185 e. The van der Waals surface area contributed by atoms with Crippen LogP contribution in [0.5, 0.6) is 0 Å². The number of hydrogen-bond acceptors (Lipinski definition) is 3. The molecule has 1 aliphatic heterocycles. The van der Waals surface area contributed by atoms with Crippen LogP contribution < -0.4 is 4.90 Å².